The minimum atomic E-state index is -1.30. The van der Waals surface area contributed by atoms with Gasteiger partial charge in [0, 0.05) is 35.4 Å². The molecule has 2 aromatic carbocycles. The summed E-state index contributed by atoms with van der Waals surface area (Å²) < 4.78 is 0. The number of hydrogen-bond donors (Lipinski definition) is 0. The Morgan fingerprint density at radius 2 is 0.468 bits per heavy atom. The van der Waals surface area contributed by atoms with Gasteiger partial charge in [-0.25, -0.2) is 0 Å². The Labute approximate surface area is 486 Å². The summed E-state index contributed by atoms with van der Waals surface area (Å²) in [6.07, 6.45) is 71.9. The third-order valence-corrected chi connectivity index (χ3v) is 27.6. The van der Waals surface area contributed by atoms with Crippen molar-refractivity contribution in [1.29, 1.82) is 0 Å². The summed E-state index contributed by atoms with van der Waals surface area (Å²) in [5.41, 5.74) is 0.0568. The van der Waals surface area contributed by atoms with Crippen molar-refractivity contribution >= 4 is 38.2 Å². The van der Waals surface area contributed by atoms with Crippen LogP contribution in [-0.4, -0.2) is 61.2 Å². The standard InChI is InChI=1S/2C28H60P.C14H10O4S/c2*1-5-9-13-14-15-16-17-18-19-20-21-22-23-24-28-29(25-10-6-2,26-11-7-3)27-12-8-4;15-13(16)9-5-1-3-7-11(9)19-12-8-4-2-6-10(12)14(17)18/h2*5-28H2,1-4H3;1-8H,(H,15,16)(H,17,18)/q2*+1;/p-2. The van der Waals surface area contributed by atoms with Gasteiger partial charge in [0.25, 0.3) is 0 Å². The van der Waals surface area contributed by atoms with Crippen molar-refractivity contribution in [1.82, 2.24) is 0 Å². The van der Waals surface area contributed by atoms with E-state index in [0.717, 1.165) is 11.8 Å². The Hall–Kier alpha value is -1.41. The highest BCUT2D eigenvalue weighted by Crippen LogP contribution is 2.62. The van der Waals surface area contributed by atoms with E-state index >= 15 is 0 Å². The molecule has 0 fully saturated rings. The van der Waals surface area contributed by atoms with Gasteiger partial charge in [0.2, 0.25) is 0 Å². The summed E-state index contributed by atoms with van der Waals surface area (Å²) in [5, 5.41) is 22.0. The number of carboxylic acids is 2. The third-order valence-electron chi connectivity index (χ3n) is 16.3. The molecule has 0 bridgehead atoms. The van der Waals surface area contributed by atoms with Gasteiger partial charge in [-0.3, -0.25) is 0 Å². The normalized spacial score (nSPS) is 11.5. The van der Waals surface area contributed by atoms with E-state index in [1.165, 1.54) is 256 Å². The summed E-state index contributed by atoms with van der Waals surface area (Å²) in [6, 6.07) is 12.6. The highest BCUT2D eigenvalue weighted by molar-refractivity contribution is 7.99. The molecule has 0 unspecified atom stereocenters. The largest absolute Gasteiger partial charge is 0.545 e. The fraction of sp³-hybridized carbons (Fsp3) is 0.800. The molecule has 2 aromatic rings. The van der Waals surface area contributed by atoms with Gasteiger partial charge in [0.15, 0.2) is 0 Å². The molecule has 0 heterocycles. The van der Waals surface area contributed by atoms with Crippen LogP contribution in [0.25, 0.3) is 0 Å². The zero-order valence-corrected chi connectivity index (χ0v) is 55.1. The Kier molecular flexibility index (Phi) is 54.1. The number of hydrogen-bond acceptors (Lipinski definition) is 5. The van der Waals surface area contributed by atoms with Crippen molar-refractivity contribution < 1.29 is 19.8 Å². The van der Waals surface area contributed by atoms with Crippen LogP contribution in [0.1, 0.15) is 333 Å². The van der Waals surface area contributed by atoms with Gasteiger partial charge in [-0.1, -0.05) is 296 Å². The first-order valence-corrected chi connectivity index (χ1v) is 39.4. The molecule has 0 spiro atoms. The van der Waals surface area contributed by atoms with Crippen molar-refractivity contribution in [3.8, 4) is 0 Å². The minimum absolute atomic E-state index is 0.0284. The first kappa shape index (κ1) is 75.6. The fourth-order valence-corrected chi connectivity index (χ4v) is 22.6. The fourth-order valence-electron chi connectivity index (χ4n) is 11.2. The molecule has 0 aliphatic heterocycles. The van der Waals surface area contributed by atoms with E-state index in [9.17, 15) is 19.8 Å². The van der Waals surface area contributed by atoms with Gasteiger partial charge in [0.05, 0.1) is 61.2 Å². The molecular formula is C70H128O4P2S. The second-order valence-corrected chi connectivity index (χ2v) is 33.5. The highest BCUT2D eigenvalue weighted by Gasteiger charge is 2.35. The second kappa shape index (κ2) is 55.1. The lowest BCUT2D eigenvalue weighted by molar-refractivity contribution is -0.256. The SMILES string of the molecule is CCCCCCCCCCCCCCCC[P+](CCCC)(CCCC)CCCC.CCCCCCCCCCCCCCCC[P+](CCCC)(CCCC)CCCC.O=C([O-])c1ccccc1Sc1ccccc1C(=O)[O-]. The Morgan fingerprint density at radius 1 is 0.286 bits per heavy atom. The zero-order valence-electron chi connectivity index (χ0n) is 52.5. The monoisotopic (exact) mass is 1130 g/mol. The smallest absolute Gasteiger partial charge is 0.0726 e. The molecule has 448 valence electrons. The van der Waals surface area contributed by atoms with Crippen LogP contribution in [0.5, 0.6) is 0 Å². The molecule has 0 atom stereocenters. The summed E-state index contributed by atoms with van der Waals surface area (Å²) in [5.74, 6) is -2.59. The maximum Gasteiger partial charge on any atom is 0.0726 e. The Balaban J connectivity index is 0.00000115. The lowest BCUT2D eigenvalue weighted by atomic mass is 10.0. The van der Waals surface area contributed by atoms with Crippen LogP contribution >= 0.6 is 26.3 Å². The molecule has 0 radical (unpaired) electrons. The molecule has 4 nitrogen and oxygen atoms in total. The minimum Gasteiger partial charge on any atom is -0.545 e. The van der Waals surface area contributed by atoms with Gasteiger partial charge >= 0.3 is 0 Å². The van der Waals surface area contributed by atoms with Crippen LogP contribution in [0.2, 0.25) is 0 Å². The lowest BCUT2D eigenvalue weighted by Crippen LogP contribution is -2.23. The van der Waals surface area contributed by atoms with E-state index in [1.54, 1.807) is 98.5 Å². The highest BCUT2D eigenvalue weighted by atomic mass is 32.2. The van der Waals surface area contributed by atoms with Crippen LogP contribution in [-0.2, 0) is 0 Å². The predicted octanol–water partition coefficient (Wildman–Crippen LogP) is 22.3. The molecule has 0 aromatic heterocycles. The number of carbonyl (C=O) groups excluding carboxylic acids is 2. The first-order valence-electron chi connectivity index (χ1n) is 33.6. The molecule has 0 saturated heterocycles. The number of aromatic carboxylic acids is 2. The summed E-state index contributed by atoms with van der Waals surface area (Å²) in [7, 11) is -1.26. The number of unbranched alkanes of at least 4 members (excludes halogenated alkanes) is 32. The molecule has 2 rings (SSSR count). The number of carboxylic acid groups (broad SMARTS) is 2. The Bertz CT molecular complexity index is 1440. The van der Waals surface area contributed by atoms with Gasteiger partial charge in [-0.05, 0) is 76.3 Å². The predicted molar refractivity (Wildman–Crippen MR) is 349 cm³/mol. The summed E-state index contributed by atoms with van der Waals surface area (Å²) >= 11 is 1.06. The Morgan fingerprint density at radius 3 is 0.675 bits per heavy atom. The zero-order chi connectivity index (χ0) is 56.8. The average Bonchev–Trinajstić information content (AvgIpc) is 3.44. The molecular weight excluding hydrogens is 999 g/mol. The third kappa shape index (κ3) is 42.1. The van der Waals surface area contributed by atoms with Crippen molar-refractivity contribution in [2.24, 2.45) is 0 Å². The van der Waals surface area contributed by atoms with Gasteiger partial charge < -0.3 is 19.8 Å². The van der Waals surface area contributed by atoms with Crippen molar-refractivity contribution in [2.75, 3.05) is 49.3 Å². The van der Waals surface area contributed by atoms with Crippen molar-refractivity contribution in [3.63, 3.8) is 0 Å². The van der Waals surface area contributed by atoms with Gasteiger partial charge in [-0.2, -0.15) is 0 Å². The molecule has 7 heteroatoms. The van der Waals surface area contributed by atoms with Crippen LogP contribution < -0.4 is 10.2 Å². The lowest BCUT2D eigenvalue weighted by Gasteiger charge is -2.28. The average molecular weight is 1130 g/mol. The summed E-state index contributed by atoms with van der Waals surface area (Å²) in [6.45, 7) is 19.0. The second-order valence-electron chi connectivity index (χ2n) is 23.5. The van der Waals surface area contributed by atoms with E-state index in [-0.39, 0.29) is 11.1 Å². The number of carbonyl (C=O) groups is 2. The molecule has 0 N–H and O–H groups in total. The maximum absolute atomic E-state index is 11.0. The van der Waals surface area contributed by atoms with E-state index in [2.05, 4.69) is 55.4 Å². The van der Waals surface area contributed by atoms with Crippen molar-refractivity contribution in [2.45, 2.75) is 322 Å². The van der Waals surface area contributed by atoms with Crippen LogP contribution in [0.3, 0.4) is 0 Å². The van der Waals surface area contributed by atoms with E-state index < -0.39 is 26.5 Å². The maximum atomic E-state index is 11.0. The molecule has 0 aliphatic rings. The van der Waals surface area contributed by atoms with Gasteiger partial charge in [0.1, 0.15) is 0 Å². The summed E-state index contributed by atoms with van der Waals surface area (Å²) in [4.78, 5) is 22.8. The van der Waals surface area contributed by atoms with Crippen LogP contribution in [0.15, 0.2) is 58.3 Å². The molecule has 77 heavy (non-hydrogen) atoms. The van der Waals surface area contributed by atoms with Crippen molar-refractivity contribution in [3.05, 3.63) is 59.7 Å². The van der Waals surface area contributed by atoms with E-state index in [1.807, 2.05) is 0 Å². The molecule has 0 amide bonds. The molecule has 0 saturated carbocycles. The number of benzene rings is 2. The van der Waals surface area contributed by atoms with Crippen LogP contribution in [0.4, 0.5) is 0 Å². The van der Waals surface area contributed by atoms with Gasteiger partial charge in [-0.15, -0.1) is 0 Å². The number of rotatable bonds is 52. The van der Waals surface area contributed by atoms with Crippen LogP contribution in [0, 0.1) is 0 Å². The topological polar surface area (TPSA) is 80.3 Å². The van der Waals surface area contributed by atoms with E-state index in [0.29, 0.717) is 9.79 Å². The molecule has 0 aliphatic carbocycles. The van der Waals surface area contributed by atoms with E-state index in [4.69, 9.17) is 0 Å². The first-order chi connectivity index (χ1) is 37.6. The quantitative estimate of drug-likeness (QED) is 0.0487.